The maximum Gasteiger partial charge on any atom is 0.225 e. The number of rotatable bonds is 5. The molecule has 0 unspecified atom stereocenters. The third-order valence-corrected chi connectivity index (χ3v) is 5.70. The van der Waals surface area contributed by atoms with Crippen molar-refractivity contribution in [3.05, 3.63) is 35.9 Å². The van der Waals surface area contributed by atoms with Crippen LogP contribution in [0.2, 0.25) is 0 Å². The van der Waals surface area contributed by atoms with Gasteiger partial charge >= 0.3 is 0 Å². The number of hydrogen-bond donors (Lipinski definition) is 1. The molecule has 4 nitrogen and oxygen atoms in total. The molecule has 3 rings (SSSR count). The number of carbonyl (C=O) groups excluding carboxylic acids is 1. The van der Waals surface area contributed by atoms with E-state index < -0.39 is 11.0 Å². The van der Waals surface area contributed by atoms with Gasteiger partial charge in [-0.15, -0.1) is 0 Å². The zero-order chi connectivity index (χ0) is 16.0. The average molecular weight is 303 g/mol. The Hall–Kier alpha value is -1.39. The summed E-state index contributed by atoms with van der Waals surface area (Å²) in [6.45, 7) is 6.44. The number of ether oxygens (including phenoxy) is 2. The lowest BCUT2D eigenvalue weighted by Gasteiger charge is -2.39. The van der Waals surface area contributed by atoms with Gasteiger partial charge in [-0.05, 0) is 39.2 Å². The molecule has 2 aliphatic rings. The van der Waals surface area contributed by atoms with Crippen molar-refractivity contribution in [2.24, 2.45) is 11.1 Å². The highest BCUT2D eigenvalue weighted by atomic mass is 16.6. The molecule has 0 spiro atoms. The second-order valence-electron chi connectivity index (χ2n) is 7.39. The van der Waals surface area contributed by atoms with E-state index in [0.717, 1.165) is 24.8 Å². The van der Waals surface area contributed by atoms with E-state index in [1.54, 1.807) is 0 Å². The first-order chi connectivity index (χ1) is 10.3. The summed E-state index contributed by atoms with van der Waals surface area (Å²) in [5.41, 5.74) is 5.28. The highest BCUT2D eigenvalue weighted by molar-refractivity contribution is 5.81. The van der Waals surface area contributed by atoms with E-state index in [4.69, 9.17) is 15.2 Å². The first-order valence-corrected chi connectivity index (χ1v) is 7.95. The number of primary amides is 1. The molecule has 0 aliphatic carbocycles. The Labute approximate surface area is 132 Å². The molecule has 1 aromatic carbocycles. The SMILES string of the molecule is CC(C)(C(N)=O)[C@@]12CC[C@@](C)(O1)[C@@H](OCc1ccccc1)C2. The minimum absolute atomic E-state index is 0.0000751. The molecule has 22 heavy (non-hydrogen) atoms. The molecular weight excluding hydrogens is 278 g/mol. The highest BCUT2D eigenvalue weighted by Gasteiger charge is 2.66. The van der Waals surface area contributed by atoms with Crippen LogP contribution in [-0.4, -0.2) is 23.2 Å². The molecule has 0 radical (unpaired) electrons. The largest absolute Gasteiger partial charge is 0.370 e. The summed E-state index contributed by atoms with van der Waals surface area (Å²) in [6, 6.07) is 10.1. The van der Waals surface area contributed by atoms with Crippen LogP contribution in [0.25, 0.3) is 0 Å². The van der Waals surface area contributed by atoms with Crippen LogP contribution in [-0.2, 0) is 20.9 Å². The lowest BCUT2D eigenvalue weighted by molar-refractivity contribution is -0.150. The van der Waals surface area contributed by atoms with E-state index in [1.807, 2.05) is 32.0 Å². The Morgan fingerprint density at radius 2 is 2.05 bits per heavy atom. The van der Waals surface area contributed by atoms with Gasteiger partial charge in [0.15, 0.2) is 0 Å². The van der Waals surface area contributed by atoms with Crippen molar-refractivity contribution in [1.29, 1.82) is 0 Å². The van der Waals surface area contributed by atoms with Crippen LogP contribution in [0.5, 0.6) is 0 Å². The fourth-order valence-corrected chi connectivity index (χ4v) is 3.81. The smallest absolute Gasteiger partial charge is 0.225 e. The van der Waals surface area contributed by atoms with Gasteiger partial charge in [0, 0.05) is 6.42 Å². The standard InChI is InChI=1S/C18H25NO3/c1-16(2,15(19)20)18-10-9-17(3,22-18)14(11-18)21-12-13-7-5-4-6-8-13/h4-8,14H,9-12H2,1-3H3,(H2,19,20)/t14-,17+,18-/m0/s1. The number of benzene rings is 1. The van der Waals surface area contributed by atoms with E-state index >= 15 is 0 Å². The topological polar surface area (TPSA) is 61.6 Å². The average Bonchev–Trinajstić information content (AvgIpc) is 2.98. The summed E-state index contributed by atoms with van der Waals surface area (Å²) in [5, 5.41) is 0. The normalized spacial score (nSPS) is 34.0. The van der Waals surface area contributed by atoms with Gasteiger partial charge in [-0.2, -0.15) is 0 Å². The van der Waals surface area contributed by atoms with Crippen molar-refractivity contribution in [2.75, 3.05) is 0 Å². The van der Waals surface area contributed by atoms with Gasteiger partial charge in [0.05, 0.1) is 29.3 Å². The van der Waals surface area contributed by atoms with Crippen LogP contribution in [0, 0.1) is 5.41 Å². The van der Waals surface area contributed by atoms with Crippen molar-refractivity contribution in [3.63, 3.8) is 0 Å². The summed E-state index contributed by atoms with van der Waals surface area (Å²) in [7, 11) is 0. The van der Waals surface area contributed by atoms with Gasteiger partial charge in [-0.25, -0.2) is 0 Å². The number of fused-ring (bicyclic) bond motifs is 2. The first kappa shape index (κ1) is 15.5. The van der Waals surface area contributed by atoms with Gasteiger partial charge in [0.1, 0.15) is 0 Å². The molecular formula is C18H25NO3. The van der Waals surface area contributed by atoms with Crippen molar-refractivity contribution in [1.82, 2.24) is 0 Å². The number of amides is 1. The zero-order valence-corrected chi connectivity index (χ0v) is 13.6. The van der Waals surface area contributed by atoms with Crippen molar-refractivity contribution < 1.29 is 14.3 Å². The third kappa shape index (κ3) is 2.25. The van der Waals surface area contributed by atoms with Crippen LogP contribution >= 0.6 is 0 Å². The van der Waals surface area contributed by atoms with Crippen LogP contribution in [0.15, 0.2) is 30.3 Å². The maximum absolute atomic E-state index is 11.9. The molecule has 4 heteroatoms. The summed E-state index contributed by atoms with van der Waals surface area (Å²) in [5.74, 6) is -0.305. The van der Waals surface area contributed by atoms with Crippen molar-refractivity contribution in [2.45, 2.75) is 63.9 Å². The van der Waals surface area contributed by atoms with Crippen LogP contribution < -0.4 is 5.73 Å². The maximum atomic E-state index is 11.9. The first-order valence-electron chi connectivity index (χ1n) is 7.95. The molecule has 2 N–H and O–H groups in total. The van der Waals surface area contributed by atoms with Crippen molar-refractivity contribution >= 4 is 5.91 Å². The van der Waals surface area contributed by atoms with Crippen LogP contribution in [0.3, 0.4) is 0 Å². The summed E-state index contributed by atoms with van der Waals surface area (Å²) < 4.78 is 12.5. The van der Waals surface area contributed by atoms with E-state index in [9.17, 15) is 4.79 Å². The summed E-state index contributed by atoms with van der Waals surface area (Å²) >= 11 is 0. The fourth-order valence-electron chi connectivity index (χ4n) is 3.81. The molecule has 2 fully saturated rings. The van der Waals surface area contributed by atoms with E-state index in [1.165, 1.54) is 0 Å². The Morgan fingerprint density at radius 1 is 1.36 bits per heavy atom. The zero-order valence-electron chi connectivity index (χ0n) is 13.6. The van der Waals surface area contributed by atoms with Crippen molar-refractivity contribution in [3.8, 4) is 0 Å². The fraction of sp³-hybridized carbons (Fsp3) is 0.611. The van der Waals surface area contributed by atoms with Crippen LogP contribution in [0.4, 0.5) is 0 Å². The lowest BCUT2D eigenvalue weighted by atomic mass is 9.67. The Balaban J connectivity index is 1.75. The summed E-state index contributed by atoms with van der Waals surface area (Å²) in [6.07, 6.45) is 2.50. The highest BCUT2D eigenvalue weighted by Crippen LogP contribution is 2.58. The minimum Gasteiger partial charge on any atom is -0.370 e. The molecule has 1 amide bonds. The van der Waals surface area contributed by atoms with E-state index in [0.29, 0.717) is 6.61 Å². The van der Waals surface area contributed by atoms with E-state index in [-0.39, 0.29) is 17.6 Å². The number of nitrogens with two attached hydrogens (primary N) is 1. The second kappa shape index (κ2) is 5.07. The quantitative estimate of drug-likeness (QED) is 0.910. The summed E-state index contributed by atoms with van der Waals surface area (Å²) in [4.78, 5) is 11.9. The minimum atomic E-state index is -0.685. The van der Waals surface area contributed by atoms with Crippen LogP contribution in [0.1, 0.15) is 45.6 Å². The Bertz CT molecular complexity index is 571. The number of carbonyl (C=O) groups is 1. The molecule has 3 atom stereocenters. The molecule has 1 aromatic rings. The monoisotopic (exact) mass is 303 g/mol. The van der Waals surface area contributed by atoms with Gasteiger partial charge in [0.2, 0.25) is 5.91 Å². The Morgan fingerprint density at radius 3 is 2.68 bits per heavy atom. The molecule has 120 valence electrons. The van der Waals surface area contributed by atoms with E-state index in [2.05, 4.69) is 19.1 Å². The van der Waals surface area contributed by atoms with Gasteiger partial charge in [-0.3, -0.25) is 4.79 Å². The molecule has 2 heterocycles. The number of hydrogen-bond acceptors (Lipinski definition) is 3. The molecule has 0 saturated carbocycles. The predicted octanol–water partition coefficient (Wildman–Crippen LogP) is 2.79. The predicted molar refractivity (Wildman–Crippen MR) is 84.1 cm³/mol. The lowest BCUT2D eigenvalue weighted by Crippen LogP contribution is -2.51. The Kier molecular flexibility index (Phi) is 3.57. The third-order valence-electron chi connectivity index (χ3n) is 5.70. The molecule has 2 bridgehead atoms. The molecule has 2 aliphatic heterocycles. The van der Waals surface area contributed by atoms with Gasteiger partial charge < -0.3 is 15.2 Å². The second-order valence-corrected chi connectivity index (χ2v) is 7.39. The molecule has 2 saturated heterocycles. The molecule has 0 aromatic heterocycles. The van der Waals surface area contributed by atoms with Gasteiger partial charge in [0.25, 0.3) is 0 Å². The van der Waals surface area contributed by atoms with Gasteiger partial charge in [-0.1, -0.05) is 30.3 Å².